The average molecular weight is 475 g/mol. The van der Waals surface area contributed by atoms with Crippen LogP contribution in [0.25, 0.3) is 0 Å². The number of carbonyl (C=O) groups is 6. The number of rotatable bonds is 16. The molecule has 0 aromatic heterocycles. The zero-order valence-electron chi connectivity index (χ0n) is 18.6. The number of aliphatic carboxylic acids is 2. The van der Waals surface area contributed by atoms with Crippen molar-refractivity contribution in [3.8, 4) is 0 Å². The zero-order chi connectivity index (χ0) is 25.7. The summed E-state index contributed by atoms with van der Waals surface area (Å²) in [6, 6.07) is -5.35. The minimum atomic E-state index is -1.49. The largest absolute Gasteiger partial charge is 0.481 e. The van der Waals surface area contributed by atoms with Crippen molar-refractivity contribution in [2.45, 2.75) is 70.1 Å². The van der Waals surface area contributed by atoms with E-state index in [9.17, 15) is 39.0 Å². The lowest BCUT2D eigenvalue weighted by Gasteiger charge is -2.25. The number of nitrogens with one attached hydrogen (secondary N) is 3. The Hall–Kier alpha value is -3.26. The van der Waals surface area contributed by atoms with Crippen LogP contribution in [-0.4, -0.2) is 81.7 Å². The van der Waals surface area contributed by atoms with E-state index in [0.717, 1.165) is 0 Å². The molecule has 188 valence electrons. The predicted molar refractivity (Wildman–Crippen MR) is 113 cm³/mol. The summed E-state index contributed by atoms with van der Waals surface area (Å²) in [6.07, 6.45) is -1.00. The molecule has 0 aliphatic heterocycles. The summed E-state index contributed by atoms with van der Waals surface area (Å²) in [6.45, 7) is 2.66. The molecule has 4 atom stereocenters. The van der Waals surface area contributed by atoms with Crippen molar-refractivity contribution >= 4 is 35.6 Å². The number of aliphatic hydroxyl groups excluding tert-OH is 1. The molecular formula is C19H33N5O9. The van der Waals surface area contributed by atoms with Gasteiger partial charge >= 0.3 is 11.9 Å². The Labute approximate surface area is 190 Å². The molecule has 0 rings (SSSR count). The van der Waals surface area contributed by atoms with Gasteiger partial charge in [0.2, 0.25) is 23.6 Å². The number of carboxylic acids is 2. The molecule has 33 heavy (non-hydrogen) atoms. The van der Waals surface area contributed by atoms with E-state index in [1.165, 1.54) is 0 Å². The van der Waals surface area contributed by atoms with Crippen LogP contribution in [0.5, 0.6) is 0 Å². The van der Waals surface area contributed by atoms with Crippen LogP contribution in [0.1, 0.15) is 46.0 Å². The third-order valence-electron chi connectivity index (χ3n) is 4.46. The van der Waals surface area contributed by atoms with Gasteiger partial charge in [0, 0.05) is 12.8 Å². The summed E-state index contributed by atoms with van der Waals surface area (Å²) < 4.78 is 0. The fourth-order valence-electron chi connectivity index (χ4n) is 2.67. The van der Waals surface area contributed by atoms with Gasteiger partial charge in [-0.2, -0.15) is 0 Å². The molecular weight excluding hydrogens is 442 g/mol. The number of nitrogens with two attached hydrogens (primary N) is 2. The van der Waals surface area contributed by atoms with Gasteiger partial charge in [-0.15, -0.1) is 0 Å². The molecule has 4 unspecified atom stereocenters. The highest BCUT2D eigenvalue weighted by molar-refractivity contribution is 5.94. The first-order valence-electron chi connectivity index (χ1n) is 10.3. The fourth-order valence-corrected chi connectivity index (χ4v) is 2.67. The Bertz CT molecular complexity index is 728. The van der Waals surface area contributed by atoms with E-state index in [1.54, 1.807) is 13.8 Å². The van der Waals surface area contributed by atoms with Crippen LogP contribution in [-0.2, 0) is 28.8 Å². The summed E-state index contributed by atoms with van der Waals surface area (Å²) >= 11 is 0. The molecule has 0 aliphatic carbocycles. The molecule has 0 bridgehead atoms. The maximum Gasteiger partial charge on any atom is 0.326 e. The Kier molecular flexibility index (Phi) is 13.3. The highest BCUT2D eigenvalue weighted by Gasteiger charge is 2.30. The van der Waals surface area contributed by atoms with Crippen molar-refractivity contribution < 1.29 is 44.1 Å². The molecule has 4 amide bonds. The maximum atomic E-state index is 12.6. The number of amides is 4. The first-order chi connectivity index (χ1) is 15.3. The molecule has 0 aliphatic rings. The molecule has 0 aromatic rings. The molecule has 0 fully saturated rings. The number of hydrogen-bond donors (Lipinski definition) is 8. The van der Waals surface area contributed by atoms with E-state index in [2.05, 4.69) is 16.0 Å². The van der Waals surface area contributed by atoms with Crippen molar-refractivity contribution in [1.82, 2.24) is 16.0 Å². The van der Waals surface area contributed by atoms with E-state index < -0.39 is 72.8 Å². The SMILES string of the molecule is CC(C)CC(NC(=O)C(CO)NC(=O)C(N)CCC(N)=O)C(=O)NC(CCC(=O)O)C(=O)O. The number of primary amides is 1. The Morgan fingerprint density at radius 1 is 0.788 bits per heavy atom. The van der Waals surface area contributed by atoms with Gasteiger partial charge in [-0.3, -0.25) is 24.0 Å². The molecule has 14 heteroatoms. The highest BCUT2D eigenvalue weighted by atomic mass is 16.4. The summed E-state index contributed by atoms with van der Waals surface area (Å²) in [5, 5.41) is 34.2. The van der Waals surface area contributed by atoms with Crippen LogP contribution < -0.4 is 27.4 Å². The minimum absolute atomic E-state index is 0.0771. The average Bonchev–Trinajstić information content (AvgIpc) is 2.71. The summed E-state index contributed by atoms with van der Waals surface area (Å²) in [5.41, 5.74) is 10.6. The quantitative estimate of drug-likeness (QED) is 0.112. The number of hydrogen-bond acceptors (Lipinski definition) is 8. The number of aliphatic hydroxyl groups is 1. The van der Waals surface area contributed by atoms with Crippen LogP contribution in [0.15, 0.2) is 0 Å². The lowest BCUT2D eigenvalue weighted by molar-refractivity contribution is -0.143. The van der Waals surface area contributed by atoms with Crippen LogP contribution in [0.2, 0.25) is 0 Å². The van der Waals surface area contributed by atoms with Crippen LogP contribution in [0.3, 0.4) is 0 Å². The molecule has 0 heterocycles. The van der Waals surface area contributed by atoms with Crippen molar-refractivity contribution in [2.75, 3.05) is 6.61 Å². The van der Waals surface area contributed by atoms with Gasteiger partial charge in [-0.25, -0.2) is 4.79 Å². The van der Waals surface area contributed by atoms with Gasteiger partial charge in [0.25, 0.3) is 0 Å². The second-order valence-electron chi connectivity index (χ2n) is 7.88. The van der Waals surface area contributed by atoms with E-state index in [0.29, 0.717) is 0 Å². The zero-order valence-corrected chi connectivity index (χ0v) is 18.6. The molecule has 0 spiro atoms. The summed E-state index contributed by atoms with van der Waals surface area (Å²) in [5.74, 6) is -6.08. The van der Waals surface area contributed by atoms with Crippen molar-refractivity contribution in [1.29, 1.82) is 0 Å². The second-order valence-corrected chi connectivity index (χ2v) is 7.88. The van der Waals surface area contributed by atoms with Gasteiger partial charge in [0.15, 0.2) is 0 Å². The Morgan fingerprint density at radius 3 is 1.76 bits per heavy atom. The molecule has 0 saturated heterocycles. The van der Waals surface area contributed by atoms with Gasteiger partial charge in [-0.1, -0.05) is 13.8 Å². The predicted octanol–water partition coefficient (Wildman–Crippen LogP) is -2.98. The Balaban J connectivity index is 5.24. The van der Waals surface area contributed by atoms with Crippen LogP contribution in [0.4, 0.5) is 0 Å². The molecule has 14 nitrogen and oxygen atoms in total. The lowest BCUT2D eigenvalue weighted by atomic mass is 10.0. The first kappa shape index (κ1) is 29.7. The normalized spacial score (nSPS) is 14.5. The van der Waals surface area contributed by atoms with E-state index in [1.807, 2.05) is 0 Å². The third-order valence-corrected chi connectivity index (χ3v) is 4.46. The highest BCUT2D eigenvalue weighted by Crippen LogP contribution is 2.07. The van der Waals surface area contributed by atoms with E-state index >= 15 is 0 Å². The van der Waals surface area contributed by atoms with Crippen molar-refractivity contribution in [3.05, 3.63) is 0 Å². The van der Waals surface area contributed by atoms with Crippen molar-refractivity contribution in [3.63, 3.8) is 0 Å². The lowest BCUT2D eigenvalue weighted by Crippen LogP contribution is -2.58. The monoisotopic (exact) mass is 475 g/mol. The number of carboxylic acid groups (broad SMARTS) is 2. The standard InChI is InChI=1S/C19H33N5O9/c1-9(2)7-12(17(30)22-11(19(32)33)4-6-15(27)28)23-18(31)13(8-25)24-16(29)10(20)3-5-14(21)26/h9-13,25H,3-8,20H2,1-2H3,(H2,21,26)(H,22,30)(H,23,31)(H,24,29)(H,27,28)(H,32,33). The smallest absolute Gasteiger partial charge is 0.326 e. The molecule has 10 N–H and O–H groups in total. The fraction of sp³-hybridized carbons (Fsp3) is 0.684. The molecule has 0 radical (unpaired) electrons. The van der Waals surface area contributed by atoms with Gasteiger partial charge in [0.1, 0.15) is 18.1 Å². The second kappa shape index (κ2) is 14.7. The van der Waals surface area contributed by atoms with Crippen LogP contribution >= 0.6 is 0 Å². The maximum absolute atomic E-state index is 12.6. The van der Waals surface area contributed by atoms with Gasteiger partial charge in [-0.05, 0) is 25.2 Å². The molecule has 0 aromatic carbocycles. The van der Waals surface area contributed by atoms with Crippen LogP contribution in [0, 0.1) is 5.92 Å². The van der Waals surface area contributed by atoms with Gasteiger partial charge < -0.3 is 42.7 Å². The summed E-state index contributed by atoms with van der Waals surface area (Å²) in [4.78, 5) is 70.1. The first-order valence-corrected chi connectivity index (χ1v) is 10.3. The summed E-state index contributed by atoms with van der Waals surface area (Å²) in [7, 11) is 0. The van der Waals surface area contributed by atoms with E-state index in [-0.39, 0.29) is 31.6 Å². The Morgan fingerprint density at radius 2 is 1.30 bits per heavy atom. The molecule has 0 saturated carbocycles. The number of carbonyl (C=O) groups excluding carboxylic acids is 4. The topological polar surface area (TPSA) is 251 Å². The van der Waals surface area contributed by atoms with Gasteiger partial charge in [0.05, 0.1) is 12.6 Å². The van der Waals surface area contributed by atoms with E-state index in [4.69, 9.17) is 16.6 Å². The minimum Gasteiger partial charge on any atom is -0.481 e. The van der Waals surface area contributed by atoms with Crippen molar-refractivity contribution in [2.24, 2.45) is 17.4 Å². The third kappa shape index (κ3) is 12.4.